The Balaban J connectivity index is 1.31. The van der Waals surface area contributed by atoms with Gasteiger partial charge in [-0.15, -0.1) is 0 Å². The first-order valence-corrected chi connectivity index (χ1v) is 16.7. The van der Waals surface area contributed by atoms with Crippen molar-refractivity contribution in [1.82, 2.24) is 0 Å². The quantitative estimate of drug-likeness (QED) is 0.184. The molecule has 1 spiro atoms. The summed E-state index contributed by atoms with van der Waals surface area (Å²) in [5.41, 5.74) is 4.26. The maximum Gasteiger partial charge on any atom is 0.144 e. The van der Waals surface area contributed by atoms with E-state index >= 15 is 0 Å². The molecule has 4 aromatic rings. The van der Waals surface area contributed by atoms with Gasteiger partial charge in [-0.2, -0.15) is 0 Å². The van der Waals surface area contributed by atoms with E-state index in [1.165, 1.54) is 0 Å². The fourth-order valence-electron chi connectivity index (χ4n) is 6.31. The lowest BCUT2D eigenvalue weighted by Crippen LogP contribution is -2.63. The van der Waals surface area contributed by atoms with E-state index in [0.29, 0.717) is 37.7 Å². The lowest BCUT2D eigenvalue weighted by atomic mass is 9.84. The molecule has 4 aromatic carbocycles. The molecule has 2 aliphatic rings. The van der Waals surface area contributed by atoms with Crippen LogP contribution in [0.5, 0.6) is 5.75 Å². The molecular weight excluding hydrogens is 616 g/mol. The topological polar surface area (TPSA) is 75.6 Å². The fraction of sp³-hybridized carbons (Fsp3) is 0.385. The van der Waals surface area contributed by atoms with E-state index < -0.39 is 17.8 Å². The molecule has 7 nitrogen and oxygen atoms in total. The smallest absolute Gasteiger partial charge is 0.144 e. The summed E-state index contributed by atoms with van der Waals surface area (Å²) in [5.74, 6) is 0.846. The van der Waals surface area contributed by atoms with E-state index in [0.717, 1.165) is 33.6 Å². The molecule has 0 aromatic heterocycles. The first-order chi connectivity index (χ1) is 23.0. The van der Waals surface area contributed by atoms with Gasteiger partial charge in [0.2, 0.25) is 0 Å². The third-order valence-corrected chi connectivity index (χ3v) is 9.01. The van der Waals surface area contributed by atoms with E-state index in [1.54, 1.807) is 0 Å². The first-order valence-electron chi connectivity index (χ1n) is 16.3. The number of ether oxygens (including phenoxy) is 6. The molecule has 0 amide bonds. The SMILES string of the molecule is CCOc1ccc(Cc2cc(C3CC(OCc4ccccc4)[C@H](OCc4ccccc4)C4(COCC(O)COC4)O3)ccc2Cl)cc1. The van der Waals surface area contributed by atoms with Crippen molar-refractivity contribution < 1.29 is 33.5 Å². The van der Waals surface area contributed by atoms with Crippen LogP contribution in [0.1, 0.15) is 47.3 Å². The molecule has 0 aliphatic carbocycles. The van der Waals surface area contributed by atoms with Gasteiger partial charge in [-0.1, -0.05) is 96.5 Å². The van der Waals surface area contributed by atoms with Gasteiger partial charge >= 0.3 is 0 Å². The maximum atomic E-state index is 10.3. The van der Waals surface area contributed by atoms with Crippen LogP contribution in [0.25, 0.3) is 0 Å². The van der Waals surface area contributed by atoms with Gasteiger partial charge in [-0.05, 0) is 59.4 Å². The molecule has 0 saturated carbocycles. The van der Waals surface area contributed by atoms with Crippen molar-refractivity contribution >= 4 is 11.6 Å². The van der Waals surface area contributed by atoms with Crippen LogP contribution in [0.4, 0.5) is 0 Å². The fourth-order valence-corrected chi connectivity index (χ4v) is 6.49. The number of halogens is 1. The van der Waals surface area contributed by atoms with Gasteiger partial charge in [0.1, 0.15) is 23.6 Å². The second kappa shape index (κ2) is 16.2. The number of benzene rings is 4. The lowest BCUT2D eigenvalue weighted by molar-refractivity contribution is -0.294. The van der Waals surface area contributed by atoms with E-state index in [9.17, 15) is 5.11 Å². The monoisotopic (exact) mass is 658 g/mol. The van der Waals surface area contributed by atoms with Crippen LogP contribution < -0.4 is 4.74 Å². The van der Waals surface area contributed by atoms with Crippen molar-refractivity contribution in [2.24, 2.45) is 0 Å². The normalized spacial score (nSPS) is 24.8. The molecule has 0 bridgehead atoms. The van der Waals surface area contributed by atoms with Crippen LogP contribution in [0.2, 0.25) is 5.02 Å². The summed E-state index contributed by atoms with van der Waals surface area (Å²) < 4.78 is 38.3. The molecule has 2 fully saturated rings. The molecule has 6 rings (SSSR count). The highest BCUT2D eigenvalue weighted by Gasteiger charge is 2.53. The highest BCUT2D eigenvalue weighted by atomic mass is 35.5. The molecule has 2 unspecified atom stereocenters. The van der Waals surface area contributed by atoms with Crippen molar-refractivity contribution in [3.8, 4) is 5.75 Å². The van der Waals surface area contributed by atoms with Crippen LogP contribution >= 0.6 is 11.6 Å². The standard InChI is InChI=1S/C39H43ClO7/c1-2-44-34-16-13-28(14-17-34)19-32-20-31(15-18-35(32)40)36-21-37(45-22-29-9-5-3-6-10-29)38(46-23-30-11-7-4-8-12-30)39(47-36)26-42-24-33(41)25-43-27-39/h3-18,20,33,36-38,41H,2,19,21-27H2,1H3/t33?,36?,37?,38-,39?/m0/s1. The largest absolute Gasteiger partial charge is 0.494 e. The average Bonchev–Trinajstić information content (AvgIpc) is 3.09. The van der Waals surface area contributed by atoms with Gasteiger partial charge in [0.15, 0.2) is 0 Å². The average molecular weight is 659 g/mol. The number of hydrogen-bond donors (Lipinski definition) is 1. The maximum absolute atomic E-state index is 10.3. The molecular formula is C39H43ClO7. The van der Waals surface area contributed by atoms with Crippen molar-refractivity contribution in [1.29, 1.82) is 0 Å². The zero-order chi connectivity index (χ0) is 32.5. The molecule has 248 valence electrons. The van der Waals surface area contributed by atoms with E-state index in [2.05, 4.69) is 30.3 Å². The number of aliphatic hydroxyl groups excluding tert-OH is 1. The lowest BCUT2D eigenvalue weighted by Gasteiger charge is -2.50. The Kier molecular flexibility index (Phi) is 11.6. The van der Waals surface area contributed by atoms with Crippen LogP contribution in [0.15, 0.2) is 103 Å². The van der Waals surface area contributed by atoms with Crippen LogP contribution in [-0.4, -0.2) is 62.1 Å². The summed E-state index contributed by atoms with van der Waals surface area (Å²) in [5, 5.41) is 11.0. The van der Waals surface area contributed by atoms with Gasteiger partial charge in [-0.3, -0.25) is 0 Å². The Labute approximate surface area is 282 Å². The first kappa shape index (κ1) is 33.6. The summed E-state index contributed by atoms with van der Waals surface area (Å²) in [7, 11) is 0. The molecule has 2 aliphatic heterocycles. The van der Waals surface area contributed by atoms with Crippen LogP contribution in [0.3, 0.4) is 0 Å². The molecule has 2 heterocycles. The van der Waals surface area contributed by atoms with Gasteiger partial charge in [0.05, 0.1) is 58.5 Å². The third-order valence-electron chi connectivity index (χ3n) is 8.64. The Morgan fingerprint density at radius 3 is 2.06 bits per heavy atom. The molecule has 3 atom stereocenters. The van der Waals surface area contributed by atoms with Crippen molar-refractivity contribution in [3.05, 3.63) is 136 Å². The summed E-state index contributed by atoms with van der Waals surface area (Å²) in [6.07, 6.45) is -0.686. The molecule has 8 heteroatoms. The zero-order valence-electron chi connectivity index (χ0n) is 26.8. The highest BCUT2D eigenvalue weighted by molar-refractivity contribution is 6.31. The van der Waals surface area contributed by atoms with E-state index in [-0.39, 0.29) is 38.6 Å². The number of aliphatic hydroxyl groups is 1. The van der Waals surface area contributed by atoms with Crippen molar-refractivity contribution in [2.45, 2.75) is 63.0 Å². The zero-order valence-corrected chi connectivity index (χ0v) is 27.5. The van der Waals surface area contributed by atoms with Crippen molar-refractivity contribution in [2.75, 3.05) is 33.0 Å². The predicted molar refractivity (Wildman–Crippen MR) is 181 cm³/mol. The Morgan fingerprint density at radius 1 is 0.787 bits per heavy atom. The molecule has 1 N–H and O–H groups in total. The van der Waals surface area contributed by atoms with Gasteiger partial charge in [-0.25, -0.2) is 0 Å². The minimum Gasteiger partial charge on any atom is -0.494 e. The molecule has 2 saturated heterocycles. The van der Waals surface area contributed by atoms with Crippen LogP contribution in [-0.2, 0) is 43.3 Å². The summed E-state index contributed by atoms with van der Waals surface area (Å²) in [6.45, 7) is 4.04. The van der Waals surface area contributed by atoms with Crippen molar-refractivity contribution in [3.63, 3.8) is 0 Å². The summed E-state index contributed by atoms with van der Waals surface area (Å²) in [6, 6.07) is 34.4. The second-order valence-corrected chi connectivity index (χ2v) is 12.7. The van der Waals surface area contributed by atoms with E-state index in [1.807, 2.05) is 79.7 Å². The predicted octanol–water partition coefficient (Wildman–Crippen LogP) is 7.11. The molecule has 0 radical (unpaired) electrons. The summed E-state index contributed by atoms with van der Waals surface area (Å²) >= 11 is 6.76. The Bertz CT molecular complexity index is 1520. The minimum atomic E-state index is -0.992. The second-order valence-electron chi connectivity index (χ2n) is 12.2. The number of hydrogen-bond acceptors (Lipinski definition) is 7. The van der Waals surface area contributed by atoms with E-state index in [4.69, 9.17) is 40.0 Å². The van der Waals surface area contributed by atoms with Gasteiger partial charge in [0.25, 0.3) is 0 Å². The van der Waals surface area contributed by atoms with Gasteiger partial charge < -0.3 is 33.5 Å². The Hall–Kier alpha value is -3.27. The number of rotatable bonds is 11. The molecule has 47 heavy (non-hydrogen) atoms. The third kappa shape index (κ3) is 8.80. The van der Waals surface area contributed by atoms with Crippen LogP contribution in [0, 0.1) is 0 Å². The highest BCUT2D eigenvalue weighted by Crippen LogP contribution is 2.43. The minimum absolute atomic E-state index is 0.143. The summed E-state index contributed by atoms with van der Waals surface area (Å²) in [4.78, 5) is 0. The van der Waals surface area contributed by atoms with Gasteiger partial charge in [0, 0.05) is 11.4 Å². The Morgan fingerprint density at radius 2 is 1.43 bits per heavy atom.